The highest BCUT2D eigenvalue weighted by atomic mass is 32.2. The molecule has 4 rings (SSSR count). The van der Waals surface area contributed by atoms with Crippen molar-refractivity contribution in [1.82, 2.24) is 10.2 Å². The van der Waals surface area contributed by atoms with E-state index in [1.807, 2.05) is 94.4 Å². The highest BCUT2D eigenvalue weighted by Gasteiger charge is 2.35. The van der Waals surface area contributed by atoms with Crippen molar-refractivity contribution in [3.05, 3.63) is 131 Å². The topological polar surface area (TPSA) is 86.8 Å². The van der Waals surface area contributed by atoms with Gasteiger partial charge in [-0.2, -0.15) is 0 Å². The van der Waals surface area contributed by atoms with E-state index in [2.05, 4.69) is 5.32 Å². The van der Waals surface area contributed by atoms with Crippen molar-refractivity contribution in [2.24, 2.45) is 0 Å². The smallest absolute Gasteiger partial charge is 0.264 e. The van der Waals surface area contributed by atoms with E-state index in [0.717, 1.165) is 28.7 Å². The summed E-state index contributed by atoms with van der Waals surface area (Å²) in [7, 11) is -4.14. The summed E-state index contributed by atoms with van der Waals surface area (Å²) in [5.74, 6) is -0.758. The fourth-order valence-electron chi connectivity index (χ4n) is 5.01. The molecule has 1 N–H and O–H groups in total. The molecule has 4 aromatic rings. The van der Waals surface area contributed by atoms with E-state index in [-0.39, 0.29) is 29.8 Å². The number of hydrogen-bond acceptors (Lipinski definition) is 4. The van der Waals surface area contributed by atoms with Gasteiger partial charge >= 0.3 is 0 Å². The maximum Gasteiger partial charge on any atom is 0.264 e. The Morgan fingerprint density at radius 3 is 1.93 bits per heavy atom. The van der Waals surface area contributed by atoms with Crippen molar-refractivity contribution in [1.29, 1.82) is 0 Å². The number of nitrogens with zero attached hydrogens (tertiary/aromatic N) is 2. The van der Waals surface area contributed by atoms with Gasteiger partial charge in [0.2, 0.25) is 11.8 Å². The van der Waals surface area contributed by atoms with E-state index in [4.69, 9.17) is 0 Å². The predicted molar refractivity (Wildman–Crippen MR) is 176 cm³/mol. The van der Waals surface area contributed by atoms with Crippen molar-refractivity contribution in [3.63, 3.8) is 0 Å². The van der Waals surface area contributed by atoms with Gasteiger partial charge in [-0.3, -0.25) is 13.9 Å². The fraction of sp³-hybridized carbons (Fsp3) is 0.278. The molecule has 0 aromatic heterocycles. The lowest BCUT2D eigenvalue weighted by Gasteiger charge is -2.34. The van der Waals surface area contributed by atoms with Gasteiger partial charge in [-0.25, -0.2) is 8.42 Å². The number of carbonyl (C=O) groups excluding carboxylic acids is 2. The van der Waals surface area contributed by atoms with Crippen LogP contribution in [-0.4, -0.2) is 43.8 Å². The van der Waals surface area contributed by atoms with Crippen molar-refractivity contribution in [2.75, 3.05) is 10.8 Å². The molecule has 7 nitrogen and oxygen atoms in total. The molecule has 0 spiro atoms. The quantitative estimate of drug-likeness (QED) is 0.199. The molecule has 0 aliphatic rings. The number of anilines is 1. The highest BCUT2D eigenvalue weighted by Crippen LogP contribution is 2.29. The van der Waals surface area contributed by atoms with Crippen molar-refractivity contribution in [2.45, 2.75) is 64.1 Å². The molecule has 4 aromatic carbocycles. The Balaban J connectivity index is 1.82. The summed E-state index contributed by atoms with van der Waals surface area (Å²) in [5.41, 5.74) is 3.81. The van der Waals surface area contributed by atoms with Crippen molar-refractivity contribution >= 4 is 27.5 Å². The molecule has 0 unspecified atom stereocenters. The predicted octanol–water partition coefficient (Wildman–Crippen LogP) is 6.05. The van der Waals surface area contributed by atoms with Gasteiger partial charge in [0.25, 0.3) is 10.0 Å². The minimum Gasteiger partial charge on any atom is -0.352 e. The largest absolute Gasteiger partial charge is 0.352 e. The van der Waals surface area contributed by atoms with E-state index < -0.39 is 28.5 Å². The third-order valence-electron chi connectivity index (χ3n) is 7.92. The minimum atomic E-state index is -4.14. The lowest BCUT2D eigenvalue weighted by molar-refractivity contribution is -0.140. The van der Waals surface area contributed by atoms with Gasteiger partial charge in [-0.15, -0.1) is 0 Å². The Hall–Kier alpha value is -4.43. The second-order valence-electron chi connectivity index (χ2n) is 11.1. The highest BCUT2D eigenvalue weighted by molar-refractivity contribution is 7.92. The van der Waals surface area contributed by atoms with Crippen LogP contribution in [0, 0.1) is 13.8 Å². The maximum atomic E-state index is 14.5. The zero-order valence-electron chi connectivity index (χ0n) is 25.8. The molecule has 8 heteroatoms. The molecule has 0 saturated carbocycles. The molecule has 230 valence electrons. The number of benzene rings is 4. The first-order chi connectivity index (χ1) is 21.1. The molecule has 0 aliphatic heterocycles. The van der Waals surface area contributed by atoms with Crippen LogP contribution in [0.15, 0.2) is 114 Å². The summed E-state index contributed by atoms with van der Waals surface area (Å²) in [4.78, 5) is 30.0. The van der Waals surface area contributed by atoms with Crippen LogP contribution in [0.1, 0.15) is 42.5 Å². The van der Waals surface area contributed by atoms with Crippen LogP contribution >= 0.6 is 0 Å². The van der Waals surface area contributed by atoms with Crippen LogP contribution in [0.4, 0.5) is 5.69 Å². The summed E-state index contributed by atoms with van der Waals surface area (Å²) in [6.45, 7) is 7.33. The van der Waals surface area contributed by atoms with Gasteiger partial charge in [0, 0.05) is 19.0 Å². The second kappa shape index (κ2) is 14.8. The van der Waals surface area contributed by atoms with Crippen molar-refractivity contribution in [3.8, 4) is 0 Å². The Morgan fingerprint density at radius 2 is 1.34 bits per heavy atom. The van der Waals surface area contributed by atoms with Crippen LogP contribution < -0.4 is 9.62 Å². The van der Waals surface area contributed by atoms with Gasteiger partial charge in [0.05, 0.1) is 10.6 Å². The molecule has 0 fully saturated rings. The van der Waals surface area contributed by atoms with Crippen LogP contribution in [0.25, 0.3) is 0 Å². The average Bonchev–Trinajstić information content (AvgIpc) is 3.04. The molecular weight excluding hydrogens is 570 g/mol. The van der Waals surface area contributed by atoms with E-state index >= 15 is 0 Å². The first kappa shape index (κ1) is 32.5. The summed E-state index contributed by atoms with van der Waals surface area (Å²) in [6.07, 6.45) is 1.00. The first-order valence-electron chi connectivity index (χ1n) is 14.9. The average molecular weight is 612 g/mol. The van der Waals surface area contributed by atoms with Gasteiger partial charge < -0.3 is 10.2 Å². The Kier molecular flexibility index (Phi) is 11.0. The lowest BCUT2D eigenvalue weighted by Crippen LogP contribution is -2.54. The number of aryl methyl sites for hydroxylation is 1. The van der Waals surface area contributed by atoms with E-state index in [1.165, 1.54) is 21.3 Å². The number of carbonyl (C=O) groups is 2. The first-order valence-corrected chi connectivity index (χ1v) is 16.4. The van der Waals surface area contributed by atoms with Gasteiger partial charge in [-0.05, 0) is 67.6 Å². The zero-order chi connectivity index (χ0) is 31.7. The summed E-state index contributed by atoms with van der Waals surface area (Å²) in [6, 6.07) is 31.6. The normalized spacial score (nSPS) is 12.6. The van der Waals surface area contributed by atoms with Crippen LogP contribution in [-0.2, 0) is 32.6 Å². The molecule has 44 heavy (non-hydrogen) atoms. The van der Waals surface area contributed by atoms with Crippen LogP contribution in [0.2, 0.25) is 0 Å². The van der Waals surface area contributed by atoms with E-state index in [9.17, 15) is 18.0 Å². The number of nitrogens with one attached hydrogen (secondary N) is 1. The monoisotopic (exact) mass is 611 g/mol. The molecule has 0 heterocycles. The summed E-state index contributed by atoms with van der Waals surface area (Å²) < 4.78 is 29.5. The second-order valence-corrected chi connectivity index (χ2v) is 12.9. The maximum absolute atomic E-state index is 14.5. The Bertz CT molecular complexity index is 1650. The third kappa shape index (κ3) is 7.94. The zero-order valence-corrected chi connectivity index (χ0v) is 26.6. The molecule has 0 aliphatic carbocycles. The molecular formula is C36H41N3O4S. The SMILES string of the molecule is CC[C@@H](C)NC(=O)[C@@H](Cc1ccccc1)N(Cc1ccccc1)C(=O)CN(c1cccc(C)c1C)S(=O)(=O)c1ccccc1. The molecule has 0 saturated heterocycles. The number of amides is 2. The third-order valence-corrected chi connectivity index (χ3v) is 9.70. The molecule has 2 amide bonds. The van der Waals surface area contributed by atoms with Crippen molar-refractivity contribution < 1.29 is 18.0 Å². The fourth-order valence-corrected chi connectivity index (χ4v) is 6.51. The number of rotatable bonds is 13. The number of hydrogen-bond donors (Lipinski definition) is 1. The lowest BCUT2D eigenvalue weighted by atomic mass is 10.0. The van der Waals surface area contributed by atoms with E-state index in [1.54, 1.807) is 30.3 Å². The standard InChI is InChI=1S/C36H41N3O4S/c1-5-28(3)37-36(41)34(24-30-17-9-6-10-18-30)38(25-31-19-11-7-12-20-31)35(40)26-39(33-23-15-16-27(2)29(33)4)44(42,43)32-21-13-8-14-22-32/h6-23,28,34H,5,24-26H2,1-4H3,(H,37,41)/t28-,34-/m1/s1. The molecule has 0 bridgehead atoms. The summed E-state index contributed by atoms with van der Waals surface area (Å²) in [5, 5.41) is 3.06. The van der Waals surface area contributed by atoms with Crippen LogP contribution in [0.3, 0.4) is 0 Å². The van der Waals surface area contributed by atoms with Gasteiger partial charge in [-0.1, -0.05) is 97.9 Å². The van der Waals surface area contributed by atoms with Gasteiger partial charge in [0.1, 0.15) is 12.6 Å². The van der Waals surface area contributed by atoms with E-state index in [0.29, 0.717) is 5.69 Å². The molecule has 2 atom stereocenters. The van der Waals surface area contributed by atoms with Crippen LogP contribution in [0.5, 0.6) is 0 Å². The Morgan fingerprint density at radius 1 is 0.773 bits per heavy atom. The summed E-state index contributed by atoms with van der Waals surface area (Å²) >= 11 is 0. The Labute approximate surface area is 261 Å². The molecule has 0 radical (unpaired) electrons. The minimum absolute atomic E-state index is 0.0821. The number of sulfonamides is 1. The van der Waals surface area contributed by atoms with Gasteiger partial charge in [0.15, 0.2) is 0 Å².